The second-order valence-corrected chi connectivity index (χ2v) is 5.51. The third-order valence-corrected chi connectivity index (χ3v) is 4.25. The number of piperidine rings is 1. The summed E-state index contributed by atoms with van der Waals surface area (Å²) in [5.74, 6) is 0.365. The van der Waals surface area contributed by atoms with Crippen LogP contribution in [-0.2, 0) is 4.79 Å². The Morgan fingerprint density at radius 3 is 2.74 bits per heavy atom. The van der Waals surface area contributed by atoms with Gasteiger partial charge in [-0.25, -0.2) is 4.98 Å². The van der Waals surface area contributed by atoms with Gasteiger partial charge in [-0.2, -0.15) is 0 Å². The van der Waals surface area contributed by atoms with Crippen LogP contribution in [0.15, 0.2) is 10.8 Å². The van der Waals surface area contributed by atoms with Gasteiger partial charge in [-0.15, -0.1) is 0 Å². The SMILES string of the molecule is Cc1ncoc1C(=O)N1CCC2(CC1)CNC(=O)C2. The van der Waals surface area contributed by atoms with Crippen molar-refractivity contribution in [2.45, 2.75) is 26.2 Å². The van der Waals surface area contributed by atoms with E-state index in [0.717, 1.165) is 19.4 Å². The maximum atomic E-state index is 12.3. The van der Waals surface area contributed by atoms with Gasteiger partial charge >= 0.3 is 0 Å². The van der Waals surface area contributed by atoms with E-state index >= 15 is 0 Å². The molecule has 2 aliphatic heterocycles. The molecule has 3 rings (SSSR count). The fourth-order valence-electron chi connectivity index (χ4n) is 2.94. The monoisotopic (exact) mass is 263 g/mol. The lowest BCUT2D eigenvalue weighted by Gasteiger charge is -2.37. The molecule has 0 bridgehead atoms. The van der Waals surface area contributed by atoms with Gasteiger partial charge in [-0.1, -0.05) is 0 Å². The van der Waals surface area contributed by atoms with E-state index in [0.29, 0.717) is 31.0 Å². The molecule has 6 heteroatoms. The Balaban J connectivity index is 1.66. The highest BCUT2D eigenvalue weighted by molar-refractivity contribution is 5.92. The van der Waals surface area contributed by atoms with Crippen LogP contribution in [-0.4, -0.2) is 41.3 Å². The molecule has 2 amide bonds. The van der Waals surface area contributed by atoms with Gasteiger partial charge in [0.15, 0.2) is 6.39 Å². The molecule has 0 atom stereocenters. The Hall–Kier alpha value is -1.85. The van der Waals surface area contributed by atoms with Gasteiger partial charge in [0.05, 0.1) is 5.69 Å². The van der Waals surface area contributed by atoms with Gasteiger partial charge < -0.3 is 14.6 Å². The molecule has 6 nitrogen and oxygen atoms in total. The Bertz CT molecular complexity index is 515. The van der Waals surface area contributed by atoms with Gasteiger partial charge in [0.2, 0.25) is 11.7 Å². The first kappa shape index (κ1) is 12.2. The predicted octanol–water partition coefficient (Wildman–Crippen LogP) is 0.725. The van der Waals surface area contributed by atoms with Gasteiger partial charge in [-0.05, 0) is 25.2 Å². The van der Waals surface area contributed by atoms with E-state index in [4.69, 9.17) is 4.42 Å². The molecule has 19 heavy (non-hydrogen) atoms. The van der Waals surface area contributed by atoms with Gasteiger partial charge in [0.1, 0.15) is 0 Å². The summed E-state index contributed by atoms with van der Waals surface area (Å²) in [7, 11) is 0. The van der Waals surface area contributed by atoms with E-state index in [1.54, 1.807) is 11.8 Å². The molecule has 3 heterocycles. The summed E-state index contributed by atoms with van der Waals surface area (Å²) in [6.07, 6.45) is 3.62. The fourth-order valence-corrected chi connectivity index (χ4v) is 2.94. The van der Waals surface area contributed by atoms with Crippen molar-refractivity contribution in [3.05, 3.63) is 17.8 Å². The highest BCUT2D eigenvalue weighted by Crippen LogP contribution is 2.37. The van der Waals surface area contributed by atoms with Crippen molar-refractivity contribution in [1.29, 1.82) is 0 Å². The molecule has 0 unspecified atom stereocenters. The Kier molecular flexibility index (Phi) is 2.80. The highest BCUT2D eigenvalue weighted by atomic mass is 16.3. The molecule has 2 saturated heterocycles. The fraction of sp³-hybridized carbons (Fsp3) is 0.615. The van der Waals surface area contributed by atoms with Crippen molar-refractivity contribution in [1.82, 2.24) is 15.2 Å². The number of aromatic nitrogens is 1. The van der Waals surface area contributed by atoms with Crippen LogP contribution >= 0.6 is 0 Å². The summed E-state index contributed by atoms with van der Waals surface area (Å²) in [5, 5.41) is 2.89. The average molecular weight is 263 g/mol. The van der Waals surface area contributed by atoms with Crippen molar-refractivity contribution < 1.29 is 14.0 Å². The van der Waals surface area contributed by atoms with Crippen LogP contribution in [0.3, 0.4) is 0 Å². The molecule has 1 aromatic heterocycles. The topological polar surface area (TPSA) is 75.4 Å². The van der Waals surface area contributed by atoms with Crippen LogP contribution in [0, 0.1) is 12.3 Å². The summed E-state index contributed by atoms with van der Waals surface area (Å²) in [4.78, 5) is 29.3. The number of carbonyl (C=O) groups is 2. The number of carbonyl (C=O) groups excluding carboxylic acids is 2. The predicted molar refractivity (Wildman–Crippen MR) is 66.4 cm³/mol. The van der Waals surface area contributed by atoms with Gasteiger partial charge in [-0.3, -0.25) is 9.59 Å². The van der Waals surface area contributed by atoms with Gasteiger partial charge in [0.25, 0.3) is 5.91 Å². The van der Waals surface area contributed by atoms with E-state index in [-0.39, 0.29) is 17.2 Å². The molecule has 1 aromatic rings. The molecule has 0 radical (unpaired) electrons. The number of nitrogens with one attached hydrogen (secondary N) is 1. The molecule has 0 aliphatic carbocycles. The Morgan fingerprint density at radius 1 is 1.47 bits per heavy atom. The zero-order chi connectivity index (χ0) is 13.5. The normalized spacial score (nSPS) is 21.7. The molecule has 0 saturated carbocycles. The third kappa shape index (κ3) is 2.11. The quantitative estimate of drug-likeness (QED) is 0.810. The smallest absolute Gasteiger partial charge is 0.291 e. The number of amides is 2. The Labute approximate surface area is 111 Å². The number of nitrogens with zero attached hydrogens (tertiary/aromatic N) is 2. The van der Waals surface area contributed by atoms with E-state index < -0.39 is 0 Å². The molecule has 0 aromatic carbocycles. The minimum absolute atomic E-state index is 0.0598. The number of hydrogen-bond acceptors (Lipinski definition) is 4. The first-order chi connectivity index (χ1) is 9.10. The largest absolute Gasteiger partial charge is 0.438 e. The highest BCUT2D eigenvalue weighted by Gasteiger charge is 2.42. The van der Waals surface area contributed by atoms with Crippen LogP contribution in [0.2, 0.25) is 0 Å². The first-order valence-electron chi connectivity index (χ1n) is 6.56. The lowest BCUT2D eigenvalue weighted by molar-refractivity contribution is -0.119. The lowest BCUT2D eigenvalue weighted by Crippen LogP contribution is -2.44. The maximum Gasteiger partial charge on any atom is 0.291 e. The minimum Gasteiger partial charge on any atom is -0.438 e. The number of hydrogen-bond donors (Lipinski definition) is 1. The van der Waals surface area contributed by atoms with E-state index in [9.17, 15) is 9.59 Å². The van der Waals surface area contributed by atoms with Crippen LogP contribution in [0.1, 0.15) is 35.5 Å². The van der Waals surface area contributed by atoms with Gasteiger partial charge in [0, 0.05) is 26.1 Å². The van der Waals surface area contributed by atoms with E-state index in [1.165, 1.54) is 6.39 Å². The van der Waals surface area contributed by atoms with E-state index in [1.807, 2.05) is 0 Å². The van der Waals surface area contributed by atoms with Crippen LogP contribution < -0.4 is 5.32 Å². The number of likely N-dealkylation sites (tertiary alicyclic amines) is 1. The Morgan fingerprint density at radius 2 is 2.21 bits per heavy atom. The van der Waals surface area contributed by atoms with Crippen molar-refractivity contribution in [2.75, 3.05) is 19.6 Å². The van der Waals surface area contributed by atoms with Crippen molar-refractivity contribution in [3.8, 4) is 0 Å². The third-order valence-electron chi connectivity index (χ3n) is 4.25. The lowest BCUT2D eigenvalue weighted by atomic mass is 9.77. The average Bonchev–Trinajstić information content (AvgIpc) is 2.97. The second-order valence-electron chi connectivity index (χ2n) is 5.51. The molecule has 1 spiro atoms. The zero-order valence-electron chi connectivity index (χ0n) is 10.9. The van der Waals surface area contributed by atoms with Crippen molar-refractivity contribution in [3.63, 3.8) is 0 Å². The first-order valence-corrected chi connectivity index (χ1v) is 6.56. The van der Waals surface area contributed by atoms with Crippen LogP contribution in [0.25, 0.3) is 0 Å². The maximum absolute atomic E-state index is 12.3. The second kappa shape index (κ2) is 4.36. The molecular formula is C13H17N3O3. The number of oxazole rings is 1. The van der Waals surface area contributed by atoms with Crippen LogP contribution in [0.4, 0.5) is 0 Å². The molecule has 2 aliphatic rings. The summed E-state index contributed by atoms with van der Waals surface area (Å²) < 4.78 is 5.14. The van der Waals surface area contributed by atoms with Crippen molar-refractivity contribution >= 4 is 11.8 Å². The molecule has 1 N–H and O–H groups in total. The minimum atomic E-state index is -0.0952. The summed E-state index contributed by atoms with van der Waals surface area (Å²) in [6.45, 7) is 3.86. The van der Waals surface area contributed by atoms with Crippen molar-refractivity contribution in [2.24, 2.45) is 5.41 Å². The number of aryl methyl sites for hydroxylation is 1. The molecule has 2 fully saturated rings. The number of rotatable bonds is 1. The molecular weight excluding hydrogens is 246 g/mol. The summed E-state index contributed by atoms with van der Waals surface area (Å²) >= 11 is 0. The summed E-state index contributed by atoms with van der Waals surface area (Å²) in [5.41, 5.74) is 0.688. The summed E-state index contributed by atoms with van der Waals surface area (Å²) in [6, 6.07) is 0. The molecule has 102 valence electrons. The zero-order valence-corrected chi connectivity index (χ0v) is 10.9. The van der Waals surface area contributed by atoms with E-state index in [2.05, 4.69) is 10.3 Å². The standard InChI is InChI=1S/C13H17N3O3/c1-9-11(19-8-15-9)12(18)16-4-2-13(3-5-16)6-10(17)14-7-13/h8H,2-7H2,1H3,(H,14,17). The van der Waals surface area contributed by atoms with Crippen LogP contribution in [0.5, 0.6) is 0 Å².